The zero-order valence-corrected chi connectivity index (χ0v) is 10.6. The van der Waals surface area contributed by atoms with Crippen molar-refractivity contribution in [1.29, 1.82) is 0 Å². The van der Waals surface area contributed by atoms with Gasteiger partial charge in [0.05, 0.1) is 5.69 Å². The lowest BCUT2D eigenvalue weighted by molar-refractivity contribution is 0.536. The van der Waals surface area contributed by atoms with Crippen LogP contribution in [0.2, 0.25) is 0 Å². The number of hydrogen-bond acceptors (Lipinski definition) is 4. The second kappa shape index (κ2) is 3.60. The number of nitrogens with zero attached hydrogens (tertiary/aromatic N) is 3. The second-order valence-electron chi connectivity index (χ2n) is 4.43. The molecule has 0 fully saturated rings. The molecule has 0 bridgehead atoms. The van der Waals surface area contributed by atoms with Crippen LogP contribution in [0, 0.1) is 20.8 Å². The first-order chi connectivity index (χ1) is 8.56. The molecule has 92 valence electrons. The van der Waals surface area contributed by atoms with Gasteiger partial charge in [-0.2, -0.15) is 14.8 Å². The molecule has 0 amide bonds. The van der Waals surface area contributed by atoms with Crippen LogP contribution in [0.5, 0.6) is 0 Å². The van der Waals surface area contributed by atoms with Crippen LogP contribution < -0.4 is 5.73 Å². The van der Waals surface area contributed by atoms with Gasteiger partial charge in [0.2, 0.25) is 0 Å². The quantitative estimate of drug-likeness (QED) is 0.666. The molecule has 0 saturated carbocycles. The molecular formula is C13H14N4O. The lowest BCUT2D eigenvalue weighted by Gasteiger charge is -1.96. The van der Waals surface area contributed by atoms with Gasteiger partial charge in [0.25, 0.3) is 0 Å². The number of benzene rings is 1. The molecule has 0 radical (unpaired) electrons. The number of aromatic nitrogens is 3. The Kier molecular flexibility index (Phi) is 2.16. The highest BCUT2D eigenvalue weighted by Gasteiger charge is 2.14. The maximum Gasteiger partial charge on any atom is 0.324 e. The summed E-state index contributed by atoms with van der Waals surface area (Å²) in [5.74, 6) is 0. The van der Waals surface area contributed by atoms with Crippen LogP contribution in [-0.4, -0.2) is 14.8 Å². The molecule has 0 spiro atoms. The van der Waals surface area contributed by atoms with Gasteiger partial charge in [-0.05, 0) is 44.5 Å². The van der Waals surface area contributed by atoms with Crippen molar-refractivity contribution in [3.63, 3.8) is 0 Å². The summed E-state index contributed by atoms with van der Waals surface area (Å²) in [6, 6.07) is 5.88. The van der Waals surface area contributed by atoms with Crippen molar-refractivity contribution >= 4 is 16.8 Å². The Morgan fingerprint density at radius 2 is 2.00 bits per heavy atom. The first kappa shape index (κ1) is 10.8. The average Bonchev–Trinajstić information content (AvgIpc) is 2.85. The van der Waals surface area contributed by atoms with Gasteiger partial charge < -0.3 is 10.2 Å². The van der Waals surface area contributed by atoms with Crippen molar-refractivity contribution in [3.05, 3.63) is 35.2 Å². The SMILES string of the molecule is Cc1nn(-c2nc3cc(N)ccc3o2)c(C)c1C. The van der Waals surface area contributed by atoms with E-state index in [1.54, 1.807) is 16.8 Å². The van der Waals surface area contributed by atoms with Gasteiger partial charge in [-0.1, -0.05) is 0 Å². The van der Waals surface area contributed by atoms with Gasteiger partial charge in [0.15, 0.2) is 5.58 Å². The summed E-state index contributed by atoms with van der Waals surface area (Å²) >= 11 is 0. The number of fused-ring (bicyclic) bond motifs is 1. The molecule has 1 aromatic carbocycles. The molecule has 5 heteroatoms. The molecule has 0 aliphatic rings. The smallest absolute Gasteiger partial charge is 0.324 e. The third kappa shape index (κ3) is 1.48. The van der Waals surface area contributed by atoms with Gasteiger partial charge >= 0.3 is 6.01 Å². The van der Waals surface area contributed by atoms with Gasteiger partial charge in [0, 0.05) is 11.4 Å². The Balaban J connectivity index is 2.22. The van der Waals surface area contributed by atoms with E-state index in [1.165, 1.54) is 0 Å². The monoisotopic (exact) mass is 242 g/mol. The average molecular weight is 242 g/mol. The van der Waals surface area contributed by atoms with E-state index in [2.05, 4.69) is 10.1 Å². The van der Waals surface area contributed by atoms with Crippen molar-refractivity contribution in [2.24, 2.45) is 0 Å². The lowest BCUT2D eigenvalue weighted by atomic mass is 10.2. The number of nitrogens with two attached hydrogens (primary N) is 1. The van der Waals surface area contributed by atoms with Crippen molar-refractivity contribution in [1.82, 2.24) is 14.8 Å². The van der Waals surface area contributed by atoms with Crippen LogP contribution in [-0.2, 0) is 0 Å². The maximum atomic E-state index is 5.73. The summed E-state index contributed by atoms with van der Waals surface area (Å²) in [5.41, 5.74) is 11.0. The van der Waals surface area contributed by atoms with Gasteiger partial charge in [-0.3, -0.25) is 0 Å². The molecule has 3 rings (SSSR count). The lowest BCUT2D eigenvalue weighted by Crippen LogP contribution is -1.99. The summed E-state index contributed by atoms with van der Waals surface area (Å²) in [5, 5.41) is 4.43. The minimum atomic E-state index is 0.476. The Morgan fingerprint density at radius 1 is 1.22 bits per heavy atom. The topological polar surface area (TPSA) is 69.9 Å². The first-order valence-electron chi connectivity index (χ1n) is 5.75. The summed E-state index contributed by atoms with van der Waals surface area (Å²) in [6.07, 6.45) is 0. The molecule has 0 aliphatic carbocycles. The van der Waals surface area contributed by atoms with Crippen molar-refractivity contribution in [3.8, 4) is 6.01 Å². The van der Waals surface area contributed by atoms with E-state index in [4.69, 9.17) is 10.2 Å². The molecule has 0 unspecified atom stereocenters. The first-order valence-corrected chi connectivity index (χ1v) is 5.75. The molecule has 0 aliphatic heterocycles. The fourth-order valence-corrected chi connectivity index (χ4v) is 1.93. The highest BCUT2D eigenvalue weighted by Crippen LogP contribution is 2.22. The predicted octanol–water partition coefficient (Wildman–Crippen LogP) is 2.52. The van der Waals surface area contributed by atoms with Crippen LogP contribution in [0.3, 0.4) is 0 Å². The normalized spacial score (nSPS) is 11.3. The van der Waals surface area contributed by atoms with E-state index >= 15 is 0 Å². The van der Waals surface area contributed by atoms with Crippen LogP contribution >= 0.6 is 0 Å². The van der Waals surface area contributed by atoms with E-state index in [1.807, 2.05) is 26.8 Å². The summed E-state index contributed by atoms with van der Waals surface area (Å²) in [6.45, 7) is 6.01. The summed E-state index contributed by atoms with van der Waals surface area (Å²) < 4.78 is 7.42. The molecule has 3 aromatic rings. The van der Waals surface area contributed by atoms with E-state index in [-0.39, 0.29) is 0 Å². The molecule has 0 saturated heterocycles. The predicted molar refractivity (Wildman–Crippen MR) is 69.8 cm³/mol. The van der Waals surface area contributed by atoms with Crippen LogP contribution in [0.1, 0.15) is 17.0 Å². The Labute approximate surface area is 104 Å². The molecular weight excluding hydrogens is 228 g/mol. The second-order valence-corrected chi connectivity index (χ2v) is 4.43. The number of aryl methyl sites for hydroxylation is 1. The Bertz CT molecular complexity index is 739. The van der Waals surface area contributed by atoms with Gasteiger partial charge in [0.1, 0.15) is 5.52 Å². The maximum absolute atomic E-state index is 5.73. The van der Waals surface area contributed by atoms with Crippen molar-refractivity contribution in [2.45, 2.75) is 20.8 Å². The number of anilines is 1. The molecule has 18 heavy (non-hydrogen) atoms. The number of nitrogen functional groups attached to an aromatic ring is 1. The van der Waals surface area contributed by atoms with Crippen molar-refractivity contribution in [2.75, 3.05) is 5.73 Å². The van der Waals surface area contributed by atoms with Crippen LogP contribution in [0.4, 0.5) is 5.69 Å². The van der Waals surface area contributed by atoms with Gasteiger partial charge in [-0.25, -0.2) is 0 Å². The third-order valence-corrected chi connectivity index (χ3v) is 3.23. The van der Waals surface area contributed by atoms with Gasteiger partial charge in [-0.15, -0.1) is 0 Å². The highest BCUT2D eigenvalue weighted by molar-refractivity contribution is 5.77. The molecule has 2 heterocycles. The van der Waals surface area contributed by atoms with Crippen LogP contribution in [0.15, 0.2) is 22.6 Å². The molecule has 0 atom stereocenters. The fourth-order valence-electron chi connectivity index (χ4n) is 1.93. The Hall–Kier alpha value is -2.30. The van der Waals surface area contributed by atoms with E-state index in [0.717, 1.165) is 22.5 Å². The number of oxazole rings is 1. The van der Waals surface area contributed by atoms with Crippen LogP contribution in [0.25, 0.3) is 17.1 Å². The van der Waals surface area contributed by atoms with E-state index in [0.29, 0.717) is 17.3 Å². The molecule has 5 nitrogen and oxygen atoms in total. The largest absolute Gasteiger partial charge is 0.422 e. The molecule has 2 aromatic heterocycles. The Morgan fingerprint density at radius 3 is 2.67 bits per heavy atom. The standard InChI is InChI=1S/C13H14N4O/c1-7-8(2)16-17(9(7)3)13-15-11-6-10(14)4-5-12(11)18-13/h4-6H,14H2,1-3H3. The zero-order chi connectivity index (χ0) is 12.9. The zero-order valence-electron chi connectivity index (χ0n) is 10.6. The summed E-state index contributed by atoms with van der Waals surface area (Å²) in [4.78, 5) is 4.41. The number of rotatable bonds is 1. The fraction of sp³-hybridized carbons (Fsp3) is 0.231. The van der Waals surface area contributed by atoms with Crippen molar-refractivity contribution < 1.29 is 4.42 Å². The highest BCUT2D eigenvalue weighted by atomic mass is 16.4. The minimum Gasteiger partial charge on any atom is -0.422 e. The summed E-state index contributed by atoms with van der Waals surface area (Å²) in [7, 11) is 0. The molecule has 2 N–H and O–H groups in total. The number of hydrogen-bond donors (Lipinski definition) is 1. The van der Waals surface area contributed by atoms with E-state index < -0.39 is 0 Å². The third-order valence-electron chi connectivity index (χ3n) is 3.23. The van der Waals surface area contributed by atoms with E-state index in [9.17, 15) is 0 Å². The minimum absolute atomic E-state index is 0.476.